The molecule has 0 atom stereocenters. The van der Waals surface area contributed by atoms with Crippen molar-refractivity contribution in [1.82, 2.24) is 9.78 Å². The average Bonchev–Trinajstić information content (AvgIpc) is 3.16. The Balaban J connectivity index is 1.83. The topological polar surface area (TPSA) is 99.5 Å². The summed E-state index contributed by atoms with van der Waals surface area (Å²) in [5.41, 5.74) is 2.28. The largest absolute Gasteiger partial charge is 0.461 e. The van der Waals surface area contributed by atoms with Gasteiger partial charge >= 0.3 is 11.9 Å². The number of esters is 2. The minimum atomic E-state index is -0.584. The van der Waals surface area contributed by atoms with Crippen LogP contribution in [0.2, 0.25) is 0 Å². The third-order valence-corrected chi connectivity index (χ3v) is 4.74. The van der Waals surface area contributed by atoms with Crippen molar-refractivity contribution >= 4 is 23.7 Å². The van der Waals surface area contributed by atoms with Crippen LogP contribution in [0.3, 0.4) is 0 Å². The molecule has 8 nitrogen and oxygen atoms in total. The van der Waals surface area contributed by atoms with Crippen molar-refractivity contribution in [1.29, 1.82) is 0 Å². The van der Waals surface area contributed by atoms with E-state index >= 15 is 0 Å². The van der Waals surface area contributed by atoms with Crippen molar-refractivity contribution < 1.29 is 23.9 Å². The maximum absolute atomic E-state index is 12.7. The van der Waals surface area contributed by atoms with E-state index < -0.39 is 17.5 Å². The number of aryl methyl sites for hydroxylation is 1. The molecule has 0 bridgehead atoms. The van der Waals surface area contributed by atoms with Gasteiger partial charge in [-0.25, -0.2) is 14.3 Å². The molecule has 0 saturated heterocycles. The summed E-state index contributed by atoms with van der Waals surface area (Å²) in [7, 11) is 0. The minimum Gasteiger partial charge on any atom is -0.461 e. The van der Waals surface area contributed by atoms with Gasteiger partial charge in [0.1, 0.15) is 11.4 Å². The Morgan fingerprint density at radius 1 is 0.941 bits per heavy atom. The number of rotatable bonds is 7. The van der Waals surface area contributed by atoms with E-state index in [4.69, 9.17) is 9.47 Å². The van der Waals surface area contributed by atoms with Crippen LogP contribution >= 0.6 is 0 Å². The second-order valence-electron chi connectivity index (χ2n) is 8.81. The molecule has 8 heteroatoms. The SMILES string of the molecule is CCOC(=O)c1cc(NC(=O)c2ccc(C)cc2)n(Cc2ccc(C(=O)OC(C)(C)C)cc2)n1. The number of carbonyl (C=O) groups is 3. The lowest BCUT2D eigenvalue weighted by Gasteiger charge is -2.19. The van der Waals surface area contributed by atoms with E-state index in [1.54, 1.807) is 43.3 Å². The quantitative estimate of drug-likeness (QED) is 0.513. The van der Waals surface area contributed by atoms with Crippen LogP contribution < -0.4 is 5.32 Å². The summed E-state index contributed by atoms with van der Waals surface area (Å²) in [4.78, 5) is 37.2. The van der Waals surface area contributed by atoms with Gasteiger partial charge in [-0.1, -0.05) is 29.8 Å². The molecule has 0 aliphatic heterocycles. The van der Waals surface area contributed by atoms with Gasteiger partial charge in [0.05, 0.1) is 18.7 Å². The van der Waals surface area contributed by atoms with E-state index in [1.807, 2.05) is 39.8 Å². The molecule has 178 valence electrons. The Labute approximate surface area is 198 Å². The molecule has 1 heterocycles. The second kappa shape index (κ2) is 10.3. The molecule has 0 unspecified atom stereocenters. The fraction of sp³-hybridized carbons (Fsp3) is 0.308. The second-order valence-corrected chi connectivity index (χ2v) is 8.81. The fourth-order valence-corrected chi connectivity index (χ4v) is 3.09. The Bertz CT molecular complexity index is 1170. The first-order chi connectivity index (χ1) is 16.1. The van der Waals surface area contributed by atoms with Crippen molar-refractivity contribution in [3.8, 4) is 0 Å². The number of nitrogens with zero attached hydrogens (tertiary/aromatic N) is 2. The normalized spacial score (nSPS) is 11.1. The van der Waals surface area contributed by atoms with Crippen LogP contribution in [0.5, 0.6) is 0 Å². The number of carbonyl (C=O) groups excluding carboxylic acids is 3. The van der Waals surface area contributed by atoms with Gasteiger partial charge in [-0.05, 0) is 64.4 Å². The number of hydrogen-bond donors (Lipinski definition) is 1. The Hall–Kier alpha value is -3.94. The first kappa shape index (κ1) is 24.7. The summed E-state index contributed by atoms with van der Waals surface area (Å²) in [5, 5.41) is 7.15. The first-order valence-electron chi connectivity index (χ1n) is 11.0. The smallest absolute Gasteiger partial charge is 0.358 e. The van der Waals surface area contributed by atoms with Crippen molar-refractivity contribution in [3.63, 3.8) is 0 Å². The predicted octanol–water partition coefficient (Wildman–Crippen LogP) is 4.62. The fourth-order valence-electron chi connectivity index (χ4n) is 3.09. The monoisotopic (exact) mass is 463 g/mol. The molecule has 0 aliphatic rings. The Kier molecular flexibility index (Phi) is 7.50. The van der Waals surface area contributed by atoms with Gasteiger partial charge in [0.15, 0.2) is 5.69 Å². The molecule has 0 aliphatic carbocycles. The van der Waals surface area contributed by atoms with Crippen molar-refractivity contribution in [3.05, 3.63) is 82.5 Å². The summed E-state index contributed by atoms with van der Waals surface area (Å²) in [5.74, 6) is -0.956. The Morgan fingerprint density at radius 2 is 1.56 bits per heavy atom. The van der Waals surface area contributed by atoms with E-state index in [0.717, 1.165) is 11.1 Å². The van der Waals surface area contributed by atoms with Gasteiger partial charge in [-0.2, -0.15) is 5.10 Å². The zero-order valence-corrected chi connectivity index (χ0v) is 20.0. The average molecular weight is 464 g/mol. The zero-order valence-electron chi connectivity index (χ0n) is 20.0. The van der Waals surface area contributed by atoms with Crippen LogP contribution in [-0.4, -0.2) is 39.8 Å². The lowest BCUT2D eigenvalue weighted by atomic mass is 10.1. The van der Waals surface area contributed by atoms with Crippen LogP contribution in [0.25, 0.3) is 0 Å². The first-order valence-corrected chi connectivity index (χ1v) is 11.0. The molecule has 1 aromatic heterocycles. The van der Waals surface area contributed by atoms with Gasteiger partial charge in [-0.3, -0.25) is 4.79 Å². The summed E-state index contributed by atoms with van der Waals surface area (Å²) in [6.45, 7) is 9.55. The van der Waals surface area contributed by atoms with Gasteiger partial charge < -0.3 is 14.8 Å². The van der Waals surface area contributed by atoms with Crippen LogP contribution in [0.1, 0.15) is 70.0 Å². The highest BCUT2D eigenvalue weighted by molar-refractivity contribution is 6.04. The molecule has 0 saturated carbocycles. The predicted molar refractivity (Wildman–Crippen MR) is 128 cm³/mol. The molecular weight excluding hydrogens is 434 g/mol. The van der Waals surface area contributed by atoms with Crippen molar-refractivity contribution in [2.45, 2.75) is 46.8 Å². The summed E-state index contributed by atoms with van der Waals surface area (Å²) in [6, 6.07) is 15.5. The van der Waals surface area contributed by atoms with E-state index in [2.05, 4.69) is 10.4 Å². The maximum Gasteiger partial charge on any atom is 0.358 e. The molecule has 1 amide bonds. The highest BCUT2D eigenvalue weighted by Crippen LogP contribution is 2.18. The highest BCUT2D eigenvalue weighted by Gasteiger charge is 2.19. The van der Waals surface area contributed by atoms with Crippen LogP contribution in [-0.2, 0) is 16.0 Å². The number of nitrogens with one attached hydrogen (secondary N) is 1. The standard InChI is InChI=1S/C26H29N3O5/c1-6-33-25(32)21-15-22(27-23(30)19-11-7-17(2)8-12-19)29(28-21)16-18-9-13-20(14-10-18)24(31)34-26(3,4)5/h7-15H,6,16H2,1-5H3,(H,27,30). The number of aromatic nitrogens is 2. The van der Waals surface area contributed by atoms with E-state index in [0.29, 0.717) is 16.9 Å². The molecule has 3 aromatic rings. The number of ether oxygens (including phenoxy) is 2. The van der Waals surface area contributed by atoms with E-state index in [-0.39, 0.29) is 24.8 Å². The third-order valence-electron chi connectivity index (χ3n) is 4.74. The molecule has 0 radical (unpaired) electrons. The highest BCUT2D eigenvalue weighted by atomic mass is 16.6. The third kappa shape index (κ3) is 6.54. The lowest BCUT2D eigenvalue weighted by Crippen LogP contribution is -2.23. The van der Waals surface area contributed by atoms with Crippen LogP contribution in [0.15, 0.2) is 54.6 Å². The molecule has 2 aromatic carbocycles. The number of hydrogen-bond acceptors (Lipinski definition) is 6. The summed E-state index contributed by atoms with van der Waals surface area (Å²) < 4.78 is 12.0. The zero-order chi connectivity index (χ0) is 24.9. The summed E-state index contributed by atoms with van der Waals surface area (Å²) >= 11 is 0. The number of amides is 1. The van der Waals surface area contributed by atoms with Crippen molar-refractivity contribution in [2.24, 2.45) is 0 Å². The molecule has 0 fully saturated rings. The molecule has 1 N–H and O–H groups in total. The van der Waals surface area contributed by atoms with E-state index in [9.17, 15) is 14.4 Å². The lowest BCUT2D eigenvalue weighted by molar-refractivity contribution is 0.00691. The molecule has 3 rings (SSSR count). The molecule has 34 heavy (non-hydrogen) atoms. The number of anilines is 1. The molecular formula is C26H29N3O5. The van der Waals surface area contributed by atoms with Crippen LogP contribution in [0.4, 0.5) is 5.82 Å². The van der Waals surface area contributed by atoms with Gasteiger partial charge in [0.2, 0.25) is 0 Å². The number of benzene rings is 2. The van der Waals surface area contributed by atoms with Crippen LogP contribution in [0, 0.1) is 6.92 Å². The summed E-state index contributed by atoms with van der Waals surface area (Å²) in [6.07, 6.45) is 0. The van der Waals surface area contributed by atoms with Gasteiger partial charge in [-0.15, -0.1) is 0 Å². The Morgan fingerprint density at radius 3 is 2.15 bits per heavy atom. The van der Waals surface area contributed by atoms with E-state index in [1.165, 1.54) is 10.7 Å². The van der Waals surface area contributed by atoms with Gasteiger partial charge in [0.25, 0.3) is 5.91 Å². The van der Waals surface area contributed by atoms with Gasteiger partial charge in [0, 0.05) is 11.6 Å². The maximum atomic E-state index is 12.7. The molecule has 0 spiro atoms. The minimum absolute atomic E-state index is 0.0893. The van der Waals surface area contributed by atoms with Crippen molar-refractivity contribution in [2.75, 3.05) is 11.9 Å².